The molecule has 2 heteroatoms. The molecule has 0 spiro atoms. The second kappa shape index (κ2) is 9.00. The second-order valence-corrected chi connectivity index (χ2v) is 5.62. The third kappa shape index (κ3) is 10.4. The highest BCUT2D eigenvalue weighted by Crippen LogP contribution is 2.03. The summed E-state index contributed by atoms with van der Waals surface area (Å²) in [7, 11) is 0. The van der Waals surface area contributed by atoms with Gasteiger partial charge in [0.1, 0.15) is 0 Å². The zero-order valence-corrected chi connectivity index (χ0v) is 12.1. The van der Waals surface area contributed by atoms with Crippen LogP contribution in [-0.2, 0) is 0 Å². The molecule has 0 radical (unpaired) electrons. The summed E-state index contributed by atoms with van der Waals surface area (Å²) < 4.78 is 0. The van der Waals surface area contributed by atoms with Crippen LogP contribution in [0.2, 0.25) is 0 Å². The zero-order chi connectivity index (χ0) is 12.4. The summed E-state index contributed by atoms with van der Waals surface area (Å²) in [5, 5.41) is 3.53. The molecule has 0 aliphatic rings. The van der Waals surface area contributed by atoms with Crippen LogP contribution in [0.1, 0.15) is 60.3 Å². The van der Waals surface area contributed by atoms with Gasteiger partial charge in [0, 0.05) is 5.54 Å². The summed E-state index contributed by atoms with van der Waals surface area (Å²) in [5.74, 6) is 0. The molecule has 0 aromatic carbocycles. The lowest BCUT2D eigenvalue weighted by Crippen LogP contribution is -2.36. The number of nitrogens with one attached hydrogen (secondary N) is 1. The summed E-state index contributed by atoms with van der Waals surface area (Å²) in [6.07, 6.45) is 5.42. The summed E-state index contributed by atoms with van der Waals surface area (Å²) in [5.41, 5.74) is 0.279. The quantitative estimate of drug-likeness (QED) is 0.609. The number of hydrogen-bond donors (Lipinski definition) is 1. The van der Waals surface area contributed by atoms with Gasteiger partial charge in [-0.25, -0.2) is 0 Å². The third-order valence-electron chi connectivity index (χ3n) is 2.95. The molecule has 0 fully saturated rings. The first-order valence-electron chi connectivity index (χ1n) is 6.97. The molecule has 16 heavy (non-hydrogen) atoms. The van der Waals surface area contributed by atoms with Crippen molar-refractivity contribution in [3.63, 3.8) is 0 Å². The molecule has 0 saturated carbocycles. The topological polar surface area (TPSA) is 15.3 Å². The molecule has 1 N–H and O–H groups in total. The number of unbranched alkanes of at least 4 members (excludes halogenated alkanes) is 3. The van der Waals surface area contributed by atoms with Gasteiger partial charge < -0.3 is 10.2 Å². The molecule has 0 amide bonds. The Morgan fingerprint density at radius 1 is 0.875 bits per heavy atom. The van der Waals surface area contributed by atoms with E-state index in [1.165, 1.54) is 45.3 Å². The minimum atomic E-state index is 0.279. The van der Waals surface area contributed by atoms with Crippen molar-refractivity contribution in [1.29, 1.82) is 0 Å². The van der Waals surface area contributed by atoms with Crippen LogP contribution in [-0.4, -0.2) is 36.6 Å². The monoisotopic (exact) mass is 228 g/mol. The first-order chi connectivity index (χ1) is 7.49. The number of nitrogens with zero attached hydrogens (tertiary/aromatic N) is 1. The molecule has 0 atom stereocenters. The van der Waals surface area contributed by atoms with Gasteiger partial charge in [0.15, 0.2) is 0 Å². The molecule has 0 saturated heterocycles. The Labute approximate surface area is 103 Å². The predicted molar refractivity (Wildman–Crippen MR) is 74.0 cm³/mol. The third-order valence-corrected chi connectivity index (χ3v) is 2.95. The van der Waals surface area contributed by atoms with Gasteiger partial charge in [-0.05, 0) is 59.8 Å². The number of rotatable bonds is 9. The van der Waals surface area contributed by atoms with Crippen molar-refractivity contribution >= 4 is 0 Å². The Bertz CT molecular complexity index is 145. The highest BCUT2D eigenvalue weighted by molar-refractivity contribution is 4.69. The highest BCUT2D eigenvalue weighted by atomic mass is 15.1. The second-order valence-electron chi connectivity index (χ2n) is 5.62. The van der Waals surface area contributed by atoms with Gasteiger partial charge in [-0.3, -0.25) is 0 Å². The van der Waals surface area contributed by atoms with Crippen molar-refractivity contribution in [3.05, 3.63) is 0 Å². The van der Waals surface area contributed by atoms with Crippen LogP contribution in [0.5, 0.6) is 0 Å². The zero-order valence-electron chi connectivity index (χ0n) is 12.1. The first-order valence-corrected chi connectivity index (χ1v) is 6.97. The van der Waals surface area contributed by atoms with E-state index in [4.69, 9.17) is 0 Å². The van der Waals surface area contributed by atoms with Crippen molar-refractivity contribution in [1.82, 2.24) is 10.2 Å². The predicted octanol–water partition coefficient (Wildman–Crippen LogP) is 3.28. The van der Waals surface area contributed by atoms with Gasteiger partial charge >= 0.3 is 0 Å². The molecule has 98 valence electrons. The van der Waals surface area contributed by atoms with Gasteiger partial charge in [0.2, 0.25) is 0 Å². The Kier molecular flexibility index (Phi) is 8.96. The minimum absolute atomic E-state index is 0.279. The Morgan fingerprint density at radius 3 is 1.94 bits per heavy atom. The lowest BCUT2D eigenvalue weighted by molar-refractivity contribution is 0.295. The van der Waals surface area contributed by atoms with E-state index in [0.29, 0.717) is 0 Å². The van der Waals surface area contributed by atoms with E-state index in [1.807, 2.05) is 0 Å². The Hall–Kier alpha value is -0.0800. The molecule has 0 aromatic rings. The largest absolute Gasteiger partial charge is 0.312 e. The molecule has 0 rings (SSSR count). The fourth-order valence-corrected chi connectivity index (χ4v) is 1.82. The molecule has 0 bridgehead atoms. The summed E-state index contributed by atoms with van der Waals surface area (Å²) in [6.45, 7) is 16.0. The van der Waals surface area contributed by atoms with Crippen LogP contribution in [0.25, 0.3) is 0 Å². The van der Waals surface area contributed by atoms with E-state index in [0.717, 1.165) is 6.54 Å². The average Bonchev–Trinajstić information content (AvgIpc) is 2.21. The Balaban J connectivity index is 3.21. The van der Waals surface area contributed by atoms with Crippen molar-refractivity contribution in [2.75, 3.05) is 26.2 Å². The molecule has 0 aliphatic carbocycles. The van der Waals surface area contributed by atoms with Crippen molar-refractivity contribution < 1.29 is 0 Å². The summed E-state index contributed by atoms with van der Waals surface area (Å²) in [6, 6.07) is 0. The summed E-state index contributed by atoms with van der Waals surface area (Å²) in [4.78, 5) is 2.51. The normalized spacial score (nSPS) is 12.4. The molecular formula is C14H32N2. The molecular weight excluding hydrogens is 196 g/mol. The fraction of sp³-hybridized carbons (Fsp3) is 1.00. The minimum Gasteiger partial charge on any atom is -0.312 e. The van der Waals surface area contributed by atoms with Crippen LogP contribution >= 0.6 is 0 Å². The van der Waals surface area contributed by atoms with E-state index in [2.05, 4.69) is 44.8 Å². The lowest BCUT2D eigenvalue weighted by atomic mass is 10.1. The van der Waals surface area contributed by atoms with E-state index >= 15 is 0 Å². The molecule has 2 nitrogen and oxygen atoms in total. The first kappa shape index (κ1) is 15.9. The van der Waals surface area contributed by atoms with E-state index in [9.17, 15) is 0 Å². The van der Waals surface area contributed by atoms with Crippen molar-refractivity contribution in [2.24, 2.45) is 0 Å². The highest BCUT2D eigenvalue weighted by Gasteiger charge is 2.06. The van der Waals surface area contributed by atoms with Gasteiger partial charge in [-0.15, -0.1) is 0 Å². The van der Waals surface area contributed by atoms with E-state index < -0.39 is 0 Å². The molecule has 0 aliphatic heterocycles. The molecule has 0 aromatic heterocycles. The van der Waals surface area contributed by atoms with Gasteiger partial charge in [0.05, 0.1) is 0 Å². The van der Waals surface area contributed by atoms with Crippen LogP contribution in [0.15, 0.2) is 0 Å². The average molecular weight is 228 g/mol. The smallest absolute Gasteiger partial charge is 0.00965 e. The van der Waals surface area contributed by atoms with E-state index in [1.54, 1.807) is 0 Å². The van der Waals surface area contributed by atoms with Gasteiger partial charge in [-0.1, -0.05) is 26.7 Å². The Morgan fingerprint density at radius 2 is 1.44 bits per heavy atom. The number of hydrogen-bond acceptors (Lipinski definition) is 2. The standard InChI is InChI=1S/C14H32N2/c1-6-16(7-2)13-11-9-8-10-12-15-14(3,4)5/h15H,6-13H2,1-5H3. The van der Waals surface area contributed by atoms with Crippen LogP contribution in [0.3, 0.4) is 0 Å². The van der Waals surface area contributed by atoms with Gasteiger partial charge in [-0.2, -0.15) is 0 Å². The van der Waals surface area contributed by atoms with Crippen molar-refractivity contribution in [2.45, 2.75) is 65.8 Å². The lowest BCUT2D eigenvalue weighted by Gasteiger charge is -2.20. The fourth-order valence-electron chi connectivity index (χ4n) is 1.82. The maximum atomic E-state index is 3.53. The van der Waals surface area contributed by atoms with Gasteiger partial charge in [0.25, 0.3) is 0 Å². The molecule has 0 unspecified atom stereocenters. The van der Waals surface area contributed by atoms with E-state index in [-0.39, 0.29) is 5.54 Å². The SMILES string of the molecule is CCN(CC)CCCCCCNC(C)(C)C. The maximum absolute atomic E-state index is 3.53. The van der Waals surface area contributed by atoms with Crippen LogP contribution in [0.4, 0.5) is 0 Å². The van der Waals surface area contributed by atoms with Crippen LogP contribution in [0, 0.1) is 0 Å². The van der Waals surface area contributed by atoms with Crippen molar-refractivity contribution in [3.8, 4) is 0 Å². The molecule has 0 heterocycles. The maximum Gasteiger partial charge on any atom is 0.00965 e. The summed E-state index contributed by atoms with van der Waals surface area (Å²) >= 11 is 0. The van der Waals surface area contributed by atoms with Crippen LogP contribution < -0.4 is 5.32 Å².